The van der Waals surface area contributed by atoms with Crippen LogP contribution < -0.4 is 0 Å². The van der Waals surface area contributed by atoms with Gasteiger partial charge in [0.25, 0.3) is 0 Å². The average Bonchev–Trinajstić information content (AvgIpc) is 2.51. The molecule has 3 aliphatic carbocycles. The average molecular weight is 178 g/mol. The largest absolute Gasteiger partial charge is 0.103 e. The van der Waals surface area contributed by atoms with Gasteiger partial charge in [-0.05, 0) is 48.3 Å². The number of allylic oxidation sites excluding steroid dienone is 1. The van der Waals surface area contributed by atoms with Crippen LogP contribution >= 0.6 is 0 Å². The first kappa shape index (κ1) is 9.30. The van der Waals surface area contributed by atoms with Gasteiger partial charge in [0.2, 0.25) is 0 Å². The first-order valence-corrected chi connectivity index (χ1v) is 5.62. The molecular formula is C13H22. The van der Waals surface area contributed by atoms with Gasteiger partial charge < -0.3 is 0 Å². The van der Waals surface area contributed by atoms with Crippen LogP contribution in [0, 0.1) is 22.7 Å². The third kappa shape index (κ3) is 1.04. The molecule has 3 saturated carbocycles. The number of hydrogen-bond donors (Lipinski definition) is 0. The van der Waals surface area contributed by atoms with Crippen LogP contribution in [0.3, 0.4) is 0 Å². The summed E-state index contributed by atoms with van der Waals surface area (Å²) < 4.78 is 0. The molecule has 3 atom stereocenters. The van der Waals surface area contributed by atoms with Crippen LogP contribution in [-0.4, -0.2) is 0 Å². The zero-order valence-electron chi connectivity index (χ0n) is 9.27. The van der Waals surface area contributed by atoms with Crippen molar-refractivity contribution >= 4 is 0 Å². The quantitative estimate of drug-likeness (QED) is 0.572. The molecule has 0 aromatic heterocycles. The Labute approximate surface area is 82.4 Å². The van der Waals surface area contributed by atoms with Crippen molar-refractivity contribution in [3.05, 3.63) is 12.7 Å². The normalized spacial score (nSPS) is 45.8. The zero-order valence-corrected chi connectivity index (χ0v) is 9.27. The predicted octanol–water partition coefficient (Wildman–Crippen LogP) is 4.02. The Morgan fingerprint density at radius 1 is 1.31 bits per heavy atom. The van der Waals surface area contributed by atoms with Crippen LogP contribution in [0.1, 0.15) is 46.5 Å². The maximum absolute atomic E-state index is 3.81. The molecule has 3 unspecified atom stereocenters. The summed E-state index contributed by atoms with van der Waals surface area (Å²) in [6.45, 7) is 11.2. The smallest absolute Gasteiger partial charge is 0.0266 e. The third-order valence-corrected chi connectivity index (χ3v) is 5.18. The van der Waals surface area contributed by atoms with Crippen LogP contribution in [0.15, 0.2) is 12.7 Å². The van der Waals surface area contributed by atoms with Crippen molar-refractivity contribution in [2.75, 3.05) is 0 Å². The number of rotatable bonds is 3. The van der Waals surface area contributed by atoms with Gasteiger partial charge in [0.1, 0.15) is 0 Å². The summed E-state index contributed by atoms with van der Waals surface area (Å²) in [6.07, 6.45) is 7.63. The standard InChI is InChI=1S/C13H22/c1-5-6-7-10-8-13(4)9-11(10)12(13,2)3/h5,10-11H,1,6-9H2,2-4H3. The number of fused-ring (bicyclic) bond motifs is 1. The maximum Gasteiger partial charge on any atom is -0.0266 e. The van der Waals surface area contributed by atoms with E-state index in [0.717, 1.165) is 11.8 Å². The first-order chi connectivity index (χ1) is 6.01. The van der Waals surface area contributed by atoms with Crippen LogP contribution in [-0.2, 0) is 0 Å². The Balaban J connectivity index is 2.02. The Bertz CT molecular complexity index is 223. The van der Waals surface area contributed by atoms with Crippen molar-refractivity contribution in [3.63, 3.8) is 0 Å². The molecule has 0 saturated heterocycles. The van der Waals surface area contributed by atoms with Gasteiger partial charge in [-0.15, -0.1) is 6.58 Å². The Kier molecular flexibility index (Phi) is 1.87. The SMILES string of the molecule is C=CCCC1CC2(C)CC1C2(C)C. The highest BCUT2D eigenvalue weighted by Crippen LogP contribution is 2.73. The molecule has 0 amide bonds. The molecular weight excluding hydrogens is 156 g/mol. The monoisotopic (exact) mass is 178 g/mol. The van der Waals surface area contributed by atoms with Crippen LogP contribution in [0.25, 0.3) is 0 Å². The van der Waals surface area contributed by atoms with Crippen LogP contribution in [0.4, 0.5) is 0 Å². The van der Waals surface area contributed by atoms with Gasteiger partial charge in [0.05, 0.1) is 0 Å². The van der Waals surface area contributed by atoms with E-state index in [2.05, 4.69) is 33.4 Å². The van der Waals surface area contributed by atoms with Crippen LogP contribution in [0.2, 0.25) is 0 Å². The summed E-state index contributed by atoms with van der Waals surface area (Å²) in [5.41, 5.74) is 1.29. The molecule has 3 aliphatic rings. The molecule has 0 nitrogen and oxygen atoms in total. The molecule has 3 fully saturated rings. The molecule has 2 bridgehead atoms. The van der Waals surface area contributed by atoms with Gasteiger partial charge in [0, 0.05) is 0 Å². The fourth-order valence-electron chi connectivity index (χ4n) is 3.78. The molecule has 0 aromatic carbocycles. The fourth-order valence-corrected chi connectivity index (χ4v) is 3.78. The molecule has 0 radical (unpaired) electrons. The molecule has 74 valence electrons. The molecule has 0 N–H and O–H groups in total. The van der Waals surface area contributed by atoms with E-state index in [-0.39, 0.29) is 0 Å². The first-order valence-electron chi connectivity index (χ1n) is 5.62. The van der Waals surface area contributed by atoms with Crippen molar-refractivity contribution in [3.8, 4) is 0 Å². The second-order valence-corrected chi connectivity index (χ2v) is 5.92. The van der Waals surface area contributed by atoms with E-state index < -0.39 is 0 Å². The van der Waals surface area contributed by atoms with Crippen molar-refractivity contribution in [2.24, 2.45) is 22.7 Å². The molecule has 13 heavy (non-hydrogen) atoms. The Hall–Kier alpha value is -0.260. The van der Waals surface area contributed by atoms with Gasteiger partial charge in [-0.3, -0.25) is 0 Å². The van der Waals surface area contributed by atoms with Gasteiger partial charge in [-0.25, -0.2) is 0 Å². The van der Waals surface area contributed by atoms with Gasteiger partial charge >= 0.3 is 0 Å². The molecule has 0 heteroatoms. The summed E-state index contributed by atoms with van der Waals surface area (Å²) in [7, 11) is 0. The van der Waals surface area contributed by atoms with E-state index in [0.29, 0.717) is 10.8 Å². The maximum atomic E-state index is 3.81. The van der Waals surface area contributed by atoms with Crippen molar-refractivity contribution in [1.82, 2.24) is 0 Å². The zero-order chi connectivity index (χ0) is 9.69. The molecule has 0 aliphatic heterocycles. The highest BCUT2D eigenvalue weighted by atomic mass is 14.7. The Morgan fingerprint density at radius 3 is 2.38 bits per heavy atom. The Morgan fingerprint density at radius 2 is 2.00 bits per heavy atom. The molecule has 0 aromatic rings. The molecule has 3 rings (SSSR count). The van der Waals surface area contributed by atoms with Crippen molar-refractivity contribution < 1.29 is 0 Å². The lowest BCUT2D eigenvalue weighted by atomic mass is 9.51. The molecule has 0 spiro atoms. The highest BCUT2D eigenvalue weighted by Gasteiger charge is 2.65. The van der Waals surface area contributed by atoms with Gasteiger partial charge in [0.15, 0.2) is 0 Å². The summed E-state index contributed by atoms with van der Waals surface area (Å²) >= 11 is 0. The van der Waals surface area contributed by atoms with Gasteiger partial charge in [-0.2, -0.15) is 0 Å². The van der Waals surface area contributed by atoms with Crippen molar-refractivity contribution in [1.29, 1.82) is 0 Å². The van der Waals surface area contributed by atoms with E-state index >= 15 is 0 Å². The second-order valence-electron chi connectivity index (χ2n) is 5.92. The lowest BCUT2D eigenvalue weighted by molar-refractivity contribution is -0.0462. The van der Waals surface area contributed by atoms with Crippen molar-refractivity contribution in [2.45, 2.75) is 46.5 Å². The summed E-state index contributed by atoms with van der Waals surface area (Å²) in [4.78, 5) is 0. The minimum absolute atomic E-state index is 0.624. The third-order valence-electron chi connectivity index (χ3n) is 5.18. The van der Waals surface area contributed by atoms with E-state index in [9.17, 15) is 0 Å². The highest BCUT2D eigenvalue weighted by molar-refractivity contribution is 5.14. The van der Waals surface area contributed by atoms with E-state index in [1.165, 1.54) is 25.7 Å². The summed E-state index contributed by atoms with van der Waals surface area (Å²) in [5.74, 6) is 2.01. The summed E-state index contributed by atoms with van der Waals surface area (Å²) in [5, 5.41) is 0. The fraction of sp³-hybridized carbons (Fsp3) is 0.846. The summed E-state index contributed by atoms with van der Waals surface area (Å²) in [6, 6.07) is 0. The second kappa shape index (κ2) is 2.62. The van der Waals surface area contributed by atoms with E-state index in [1.54, 1.807) is 0 Å². The van der Waals surface area contributed by atoms with E-state index in [4.69, 9.17) is 0 Å². The lowest BCUT2D eigenvalue weighted by Gasteiger charge is -2.53. The topological polar surface area (TPSA) is 0 Å². The van der Waals surface area contributed by atoms with Gasteiger partial charge in [-0.1, -0.05) is 26.8 Å². The minimum Gasteiger partial charge on any atom is -0.103 e. The lowest BCUT2D eigenvalue weighted by Crippen LogP contribution is -2.46. The predicted molar refractivity (Wildman–Crippen MR) is 57.5 cm³/mol. The number of hydrogen-bond acceptors (Lipinski definition) is 0. The molecule has 0 heterocycles. The van der Waals surface area contributed by atoms with E-state index in [1.807, 2.05) is 0 Å². The van der Waals surface area contributed by atoms with Crippen LogP contribution in [0.5, 0.6) is 0 Å². The minimum atomic E-state index is 0.624.